The molecular weight excluding hydrogens is 304 g/mol. The monoisotopic (exact) mass is 320 g/mol. The third-order valence-corrected chi connectivity index (χ3v) is 2.99. The van der Waals surface area contributed by atoms with Crippen LogP contribution in [0.4, 0.5) is 0 Å². The molecule has 100 valence electrons. The van der Waals surface area contributed by atoms with E-state index in [9.17, 15) is 0 Å². The quantitative estimate of drug-likeness (QED) is 0.790. The Morgan fingerprint density at radius 2 is 1.84 bits per heavy atom. The summed E-state index contributed by atoms with van der Waals surface area (Å²) < 4.78 is 6.45. The Morgan fingerprint density at radius 1 is 1.16 bits per heavy atom. The predicted molar refractivity (Wildman–Crippen MR) is 80.3 cm³/mol. The lowest BCUT2D eigenvalue weighted by Gasteiger charge is -2.10. The van der Waals surface area contributed by atoms with E-state index in [0.717, 1.165) is 33.9 Å². The summed E-state index contributed by atoms with van der Waals surface area (Å²) in [5, 5.41) is 0. The van der Waals surface area contributed by atoms with E-state index in [1.54, 1.807) is 0 Å². The topological polar surface area (TPSA) is 35.0 Å². The van der Waals surface area contributed by atoms with Crippen molar-refractivity contribution in [2.45, 2.75) is 33.3 Å². The Kier molecular flexibility index (Phi) is 4.53. The van der Waals surface area contributed by atoms with Crippen LogP contribution in [0.5, 0.6) is 5.75 Å². The molecule has 0 amide bonds. The Labute approximate surface area is 122 Å². The minimum Gasteiger partial charge on any atom is -0.491 e. The lowest BCUT2D eigenvalue weighted by molar-refractivity contribution is 0.242. The first-order valence-corrected chi connectivity index (χ1v) is 7.18. The van der Waals surface area contributed by atoms with Crippen molar-refractivity contribution in [3.8, 4) is 17.0 Å². The van der Waals surface area contributed by atoms with Crippen LogP contribution in [0.3, 0.4) is 0 Å². The van der Waals surface area contributed by atoms with Gasteiger partial charge in [0, 0.05) is 12.0 Å². The molecule has 0 saturated carbocycles. The first-order valence-electron chi connectivity index (χ1n) is 6.39. The van der Waals surface area contributed by atoms with Crippen LogP contribution in [0, 0.1) is 0 Å². The second kappa shape index (κ2) is 6.15. The molecule has 0 spiro atoms. The number of nitrogens with zero attached hydrogens (tertiary/aromatic N) is 2. The van der Waals surface area contributed by atoms with Gasteiger partial charge in [0.05, 0.1) is 11.8 Å². The molecule has 0 N–H and O–H groups in total. The highest BCUT2D eigenvalue weighted by Gasteiger charge is 2.05. The zero-order chi connectivity index (χ0) is 13.8. The predicted octanol–water partition coefficient (Wildman–Crippen LogP) is 4.26. The Morgan fingerprint density at radius 3 is 2.42 bits per heavy atom. The maximum Gasteiger partial charge on any atom is 0.130 e. The van der Waals surface area contributed by atoms with Crippen LogP contribution in [0.25, 0.3) is 11.3 Å². The summed E-state index contributed by atoms with van der Waals surface area (Å²) >= 11 is 3.42. The number of hydrogen-bond donors (Lipinski definition) is 0. The maximum absolute atomic E-state index is 5.63. The van der Waals surface area contributed by atoms with Crippen LogP contribution >= 0.6 is 15.9 Å². The molecule has 0 aliphatic heterocycles. The van der Waals surface area contributed by atoms with Crippen LogP contribution in [0.2, 0.25) is 0 Å². The highest BCUT2D eigenvalue weighted by atomic mass is 79.9. The number of aryl methyl sites for hydroxylation is 1. The molecule has 0 aliphatic rings. The first-order chi connectivity index (χ1) is 9.08. The highest BCUT2D eigenvalue weighted by molar-refractivity contribution is 9.10. The average Bonchev–Trinajstić information content (AvgIpc) is 2.38. The van der Waals surface area contributed by atoms with E-state index < -0.39 is 0 Å². The number of aromatic nitrogens is 2. The minimum absolute atomic E-state index is 0.186. The molecule has 0 bridgehead atoms. The van der Waals surface area contributed by atoms with Crippen molar-refractivity contribution in [2.24, 2.45) is 0 Å². The summed E-state index contributed by atoms with van der Waals surface area (Å²) in [5.41, 5.74) is 1.99. The van der Waals surface area contributed by atoms with Crippen LogP contribution in [-0.2, 0) is 6.42 Å². The number of rotatable bonds is 4. The summed E-state index contributed by atoms with van der Waals surface area (Å²) in [5.74, 6) is 1.72. The second-order valence-corrected chi connectivity index (χ2v) is 5.35. The highest BCUT2D eigenvalue weighted by Crippen LogP contribution is 2.23. The Bertz CT molecular complexity index is 553. The van der Waals surface area contributed by atoms with Gasteiger partial charge >= 0.3 is 0 Å². The van der Waals surface area contributed by atoms with Gasteiger partial charge in [0.15, 0.2) is 0 Å². The van der Waals surface area contributed by atoms with Crippen LogP contribution in [-0.4, -0.2) is 16.1 Å². The molecule has 0 fully saturated rings. The van der Waals surface area contributed by atoms with Crippen molar-refractivity contribution in [1.82, 2.24) is 9.97 Å². The van der Waals surface area contributed by atoms with Crippen LogP contribution in [0.15, 0.2) is 34.9 Å². The molecule has 0 saturated heterocycles. The molecule has 4 heteroatoms. The lowest BCUT2D eigenvalue weighted by atomic mass is 10.1. The third kappa shape index (κ3) is 3.77. The maximum atomic E-state index is 5.63. The van der Waals surface area contributed by atoms with Crippen molar-refractivity contribution in [3.63, 3.8) is 0 Å². The van der Waals surface area contributed by atoms with Crippen LogP contribution < -0.4 is 4.74 Å². The van der Waals surface area contributed by atoms with E-state index in [1.165, 1.54) is 0 Å². The van der Waals surface area contributed by atoms with Crippen molar-refractivity contribution < 1.29 is 4.74 Å². The normalized spacial score (nSPS) is 10.8. The van der Waals surface area contributed by atoms with Gasteiger partial charge in [-0.3, -0.25) is 0 Å². The standard InChI is InChI=1S/C15H17BrN2O/c1-4-15-17-13(9-14(16)18-15)11-5-7-12(8-6-11)19-10(2)3/h5-10H,4H2,1-3H3. The van der Waals surface area contributed by atoms with E-state index in [4.69, 9.17) is 4.74 Å². The van der Waals surface area contributed by atoms with Gasteiger partial charge in [-0.2, -0.15) is 0 Å². The summed E-state index contributed by atoms with van der Waals surface area (Å²) in [7, 11) is 0. The Balaban J connectivity index is 2.29. The number of halogens is 1. The zero-order valence-electron chi connectivity index (χ0n) is 11.4. The molecule has 3 nitrogen and oxygen atoms in total. The van der Waals surface area contributed by atoms with Gasteiger partial charge in [0.1, 0.15) is 16.2 Å². The van der Waals surface area contributed by atoms with E-state index in [-0.39, 0.29) is 6.10 Å². The summed E-state index contributed by atoms with van der Waals surface area (Å²) in [6.45, 7) is 6.08. The van der Waals surface area contributed by atoms with Gasteiger partial charge in [-0.15, -0.1) is 0 Å². The Hall–Kier alpha value is -1.42. The summed E-state index contributed by atoms with van der Waals surface area (Å²) in [6, 6.07) is 9.91. The molecule has 19 heavy (non-hydrogen) atoms. The lowest BCUT2D eigenvalue weighted by Crippen LogP contribution is -2.05. The van der Waals surface area contributed by atoms with Crippen LogP contribution in [0.1, 0.15) is 26.6 Å². The fourth-order valence-electron chi connectivity index (χ4n) is 1.75. The van der Waals surface area contributed by atoms with Gasteiger partial charge in [0.25, 0.3) is 0 Å². The van der Waals surface area contributed by atoms with Crippen molar-refractivity contribution in [1.29, 1.82) is 0 Å². The SMILES string of the molecule is CCc1nc(Br)cc(-c2ccc(OC(C)C)cc2)n1. The van der Waals surface area contributed by atoms with Gasteiger partial charge < -0.3 is 4.74 Å². The second-order valence-electron chi connectivity index (χ2n) is 4.54. The molecule has 2 rings (SSSR count). The fraction of sp³-hybridized carbons (Fsp3) is 0.333. The molecule has 2 aromatic rings. The van der Waals surface area contributed by atoms with Crippen molar-refractivity contribution >= 4 is 15.9 Å². The molecule has 0 aliphatic carbocycles. The fourth-order valence-corrected chi connectivity index (χ4v) is 2.17. The number of hydrogen-bond acceptors (Lipinski definition) is 3. The average molecular weight is 321 g/mol. The van der Waals surface area contributed by atoms with Gasteiger partial charge in [0.2, 0.25) is 0 Å². The minimum atomic E-state index is 0.186. The summed E-state index contributed by atoms with van der Waals surface area (Å²) in [4.78, 5) is 8.85. The zero-order valence-corrected chi connectivity index (χ0v) is 12.9. The smallest absolute Gasteiger partial charge is 0.130 e. The molecule has 1 aromatic carbocycles. The molecule has 0 unspecified atom stereocenters. The first kappa shape index (κ1) is 14.0. The summed E-state index contributed by atoms with van der Waals surface area (Å²) in [6.07, 6.45) is 1.01. The van der Waals surface area contributed by atoms with Crippen molar-refractivity contribution in [2.75, 3.05) is 0 Å². The van der Waals surface area contributed by atoms with E-state index >= 15 is 0 Å². The van der Waals surface area contributed by atoms with E-state index in [1.807, 2.05) is 51.1 Å². The van der Waals surface area contributed by atoms with Gasteiger partial charge in [-0.25, -0.2) is 9.97 Å². The number of ether oxygens (including phenoxy) is 1. The molecule has 1 aromatic heterocycles. The van der Waals surface area contributed by atoms with Gasteiger partial charge in [-0.05, 0) is 60.1 Å². The molecule has 0 radical (unpaired) electrons. The molecule has 0 atom stereocenters. The van der Waals surface area contributed by atoms with Gasteiger partial charge in [-0.1, -0.05) is 6.92 Å². The van der Waals surface area contributed by atoms with Crippen molar-refractivity contribution in [3.05, 3.63) is 40.8 Å². The molecular formula is C15H17BrN2O. The van der Waals surface area contributed by atoms with E-state index in [0.29, 0.717) is 0 Å². The third-order valence-electron chi connectivity index (χ3n) is 2.58. The number of benzene rings is 1. The molecule has 1 heterocycles. The van der Waals surface area contributed by atoms with E-state index in [2.05, 4.69) is 25.9 Å². The largest absolute Gasteiger partial charge is 0.491 e.